The Hall–Kier alpha value is -3.24. The van der Waals surface area contributed by atoms with E-state index in [1.165, 1.54) is 33.3 Å². The maximum atomic E-state index is 6.07. The summed E-state index contributed by atoms with van der Waals surface area (Å²) in [7, 11) is 1.72. The van der Waals surface area contributed by atoms with Crippen LogP contribution < -0.4 is 14.8 Å². The van der Waals surface area contributed by atoms with E-state index in [0.29, 0.717) is 6.61 Å². The van der Waals surface area contributed by atoms with Crippen LogP contribution in [-0.2, 0) is 13.0 Å². The largest absolute Gasteiger partial charge is 0.497 e. The van der Waals surface area contributed by atoms with Crippen molar-refractivity contribution in [3.63, 3.8) is 0 Å². The van der Waals surface area contributed by atoms with E-state index in [4.69, 9.17) is 9.47 Å². The van der Waals surface area contributed by atoms with E-state index >= 15 is 0 Å². The van der Waals surface area contributed by atoms with Crippen molar-refractivity contribution in [2.24, 2.45) is 0 Å². The Labute approximate surface area is 176 Å². The molecule has 0 bridgehead atoms. The predicted molar refractivity (Wildman–Crippen MR) is 120 cm³/mol. The third-order valence-corrected chi connectivity index (χ3v) is 5.81. The zero-order valence-corrected chi connectivity index (χ0v) is 17.4. The number of fused-ring (bicyclic) bond motifs is 3. The number of hydrogen-bond donors (Lipinski definition) is 2. The van der Waals surface area contributed by atoms with Gasteiger partial charge >= 0.3 is 0 Å². The highest BCUT2D eigenvalue weighted by atomic mass is 16.5. The molecule has 1 unspecified atom stereocenters. The Morgan fingerprint density at radius 3 is 2.67 bits per heavy atom. The minimum Gasteiger partial charge on any atom is -0.497 e. The van der Waals surface area contributed by atoms with E-state index < -0.39 is 0 Å². The molecule has 0 aliphatic carbocycles. The fourth-order valence-electron chi connectivity index (χ4n) is 4.38. The Bertz CT molecular complexity index is 1180. The lowest BCUT2D eigenvalue weighted by atomic mass is 9.93. The molecule has 0 saturated heterocycles. The van der Waals surface area contributed by atoms with Crippen molar-refractivity contribution in [1.29, 1.82) is 0 Å². The van der Waals surface area contributed by atoms with Crippen LogP contribution in [0.15, 0.2) is 66.7 Å². The number of aromatic amines is 1. The van der Waals surface area contributed by atoms with Crippen LogP contribution in [0.2, 0.25) is 0 Å². The van der Waals surface area contributed by atoms with Gasteiger partial charge in [0.25, 0.3) is 0 Å². The highest BCUT2D eigenvalue weighted by Gasteiger charge is 2.26. The number of benzene rings is 3. The number of aromatic nitrogens is 1. The normalized spacial score (nSPS) is 15.7. The molecule has 0 radical (unpaired) electrons. The molecule has 1 atom stereocenters. The summed E-state index contributed by atoms with van der Waals surface area (Å²) in [5, 5.41) is 4.93. The van der Waals surface area contributed by atoms with E-state index in [2.05, 4.69) is 59.7 Å². The highest BCUT2D eigenvalue weighted by Crippen LogP contribution is 2.36. The number of ether oxygens (including phenoxy) is 2. The van der Waals surface area contributed by atoms with E-state index in [1.807, 2.05) is 24.3 Å². The van der Waals surface area contributed by atoms with Crippen molar-refractivity contribution in [3.8, 4) is 11.5 Å². The van der Waals surface area contributed by atoms with E-state index in [0.717, 1.165) is 30.0 Å². The number of H-pyrrole nitrogens is 1. The minimum absolute atomic E-state index is 0.128. The second kappa shape index (κ2) is 7.88. The summed E-state index contributed by atoms with van der Waals surface area (Å²) in [4.78, 5) is 3.66. The Morgan fingerprint density at radius 2 is 1.83 bits per heavy atom. The van der Waals surface area contributed by atoms with Crippen molar-refractivity contribution in [1.82, 2.24) is 10.3 Å². The Kier molecular flexibility index (Phi) is 4.93. The molecule has 4 aromatic rings. The number of aryl methyl sites for hydroxylation is 1. The van der Waals surface area contributed by atoms with Crippen LogP contribution in [0.3, 0.4) is 0 Å². The van der Waals surface area contributed by atoms with Crippen molar-refractivity contribution < 1.29 is 9.47 Å². The van der Waals surface area contributed by atoms with Gasteiger partial charge in [-0.05, 0) is 65.9 Å². The molecule has 4 nitrogen and oxygen atoms in total. The summed E-state index contributed by atoms with van der Waals surface area (Å²) >= 11 is 0. The first-order valence-electron chi connectivity index (χ1n) is 10.4. The minimum atomic E-state index is 0.128. The van der Waals surface area contributed by atoms with Gasteiger partial charge in [0.15, 0.2) is 0 Å². The maximum absolute atomic E-state index is 6.07. The van der Waals surface area contributed by atoms with Crippen LogP contribution in [-0.4, -0.2) is 18.6 Å². The lowest BCUT2D eigenvalue weighted by Gasteiger charge is -2.25. The quantitative estimate of drug-likeness (QED) is 0.480. The summed E-state index contributed by atoms with van der Waals surface area (Å²) in [6, 6.07) is 23.2. The second-order valence-electron chi connectivity index (χ2n) is 7.92. The fraction of sp³-hybridized carbons (Fsp3) is 0.231. The van der Waals surface area contributed by atoms with Gasteiger partial charge in [-0.15, -0.1) is 0 Å². The molecule has 1 aliphatic rings. The molecular weight excluding hydrogens is 372 g/mol. The molecule has 4 heteroatoms. The van der Waals surface area contributed by atoms with Crippen molar-refractivity contribution in [3.05, 3.63) is 94.7 Å². The lowest BCUT2D eigenvalue weighted by molar-refractivity contribution is 0.306. The summed E-state index contributed by atoms with van der Waals surface area (Å²) < 4.78 is 11.6. The van der Waals surface area contributed by atoms with Crippen molar-refractivity contribution in [2.75, 3.05) is 13.7 Å². The third-order valence-electron chi connectivity index (χ3n) is 5.81. The molecule has 2 heterocycles. The second-order valence-corrected chi connectivity index (χ2v) is 7.92. The van der Waals surface area contributed by atoms with Crippen LogP contribution in [0.5, 0.6) is 11.5 Å². The monoisotopic (exact) mass is 398 g/mol. The average Bonchev–Trinajstić information content (AvgIpc) is 3.16. The molecule has 30 heavy (non-hydrogen) atoms. The van der Waals surface area contributed by atoms with E-state index in [-0.39, 0.29) is 6.04 Å². The number of nitrogens with one attached hydrogen (secondary N) is 2. The topological polar surface area (TPSA) is 46.3 Å². The molecule has 1 aliphatic heterocycles. The van der Waals surface area contributed by atoms with Crippen LogP contribution in [0.25, 0.3) is 10.9 Å². The molecule has 152 valence electrons. The van der Waals surface area contributed by atoms with Gasteiger partial charge in [0.2, 0.25) is 0 Å². The van der Waals surface area contributed by atoms with Gasteiger partial charge in [-0.2, -0.15) is 0 Å². The first-order valence-corrected chi connectivity index (χ1v) is 10.4. The van der Waals surface area contributed by atoms with Crippen LogP contribution in [0, 0.1) is 6.92 Å². The van der Waals surface area contributed by atoms with Gasteiger partial charge in [-0.3, -0.25) is 0 Å². The number of methoxy groups -OCH3 is 1. The maximum Gasteiger partial charge on any atom is 0.120 e. The summed E-state index contributed by atoms with van der Waals surface area (Å²) in [6.45, 7) is 3.62. The van der Waals surface area contributed by atoms with Crippen LogP contribution in [0.1, 0.15) is 34.0 Å². The van der Waals surface area contributed by atoms with Crippen molar-refractivity contribution >= 4 is 10.9 Å². The average molecular weight is 399 g/mol. The summed E-state index contributed by atoms with van der Waals surface area (Å²) in [6.07, 6.45) is 0.997. The fourth-order valence-corrected chi connectivity index (χ4v) is 4.38. The number of rotatable bonds is 5. The molecule has 0 saturated carbocycles. The van der Waals surface area contributed by atoms with E-state index in [9.17, 15) is 0 Å². The first kappa shape index (κ1) is 18.8. The van der Waals surface area contributed by atoms with Gasteiger partial charge in [0.1, 0.15) is 18.1 Å². The SMILES string of the molecule is COc1cc(C)cc(C2NCCc3c2[nH]c2ccc(OCc4ccccc4)cc32)c1. The summed E-state index contributed by atoms with van der Waals surface area (Å²) in [5.74, 6) is 1.80. The molecule has 3 aromatic carbocycles. The Balaban J connectivity index is 1.48. The molecule has 0 fully saturated rings. The van der Waals surface area contributed by atoms with Gasteiger partial charge in [-0.25, -0.2) is 0 Å². The highest BCUT2D eigenvalue weighted by molar-refractivity contribution is 5.86. The van der Waals surface area contributed by atoms with Crippen molar-refractivity contribution in [2.45, 2.75) is 26.0 Å². The predicted octanol–water partition coefficient (Wildman–Crippen LogP) is 5.30. The molecular formula is C26H26N2O2. The van der Waals surface area contributed by atoms with Gasteiger partial charge in [-0.1, -0.05) is 36.4 Å². The standard InChI is InChI=1S/C26H26N2O2/c1-17-12-19(14-21(13-17)29-2)25-26-22(10-11-27-25)23-15-20(8-9-24(23)28-26)30-16-18-6-4-3-5-7-18/h3-9,12-15,25,27-28H,10-11,16H2,1-2H3. The molecule has 0 amide bonds. The Morgan fingerprint density at radius 1 is 0.967 bits per heavy atom. The molecule has 0 spiro atoms. The zero-order chi connectivity index (χ0) is 20.5. The van der Waals surface area contributed by atoms with Gasteiger partial charge in [0.05, 0.1) is 13.2 Å². The number of hydrogen-bond acceptors (Lipinski definition) is 3. The van der Waals surface area contributed by atoms with Gasteiger partial charge < -0.3 is 19.8 Å². The van der Waals surface area contributed by atoms with E-state index in [1.54, 1.807) is 7.11 Å². The van der Waals surface area contributed by atoms with Crippen LogP contribution in [0.4, 0.5) is 0 Å². The smallest absolute Gasteiger partial charge is 0.120 e. The summed E-state index contributed by atoms with van der Waals surface area (Å²) in [5.41, 5.74) is 7.36. The van der Waals surface area contributed by atoms with Crippen LogP contribution >= 0.6 is 0 Å². The van der Waals surface area contributed by atoms with Gasteiger partial charge in [0, 0.05) is 23.1 Å². The molecule has 5 rings (SSSR count). The molecule has 1 aromatic heterocycles. The first-order chi connectivity index (χ1) is 14.7. The molecule has 2 N–H and O–H groups in total. The third kappa shape index (κ3) is 3.55. The zero-order valence-electron chi connectivity index (χ0n) is 17.4. The lowest BCUT2D eigenvalue weighted by Crippen LogP contribution is -2.30.